The van der Waals surface area contributed by atoms with Crippen molar-refractivity contribution < 1.29 is 28.6 Å². The minimum absolute atomic E-state index is 0.0906. The van der Waals surface area contributed by atoms with Gasteiger partial charge in [0.15, 0.2) is 6.10 Å². The topological polar surface area (TPSA) is 78.9 Å². The van der Waals surface area contributed by atoms with E-state index in [4.69, 9.17) is 14.2 Å². The molecule has 0 bridgehead atoms. The second-order valence-corrected chi connectivity index (χ2v) is 21.3. The number of carbonyl (C=O) groups is 3. The molecule has 0 aliphatic carbocycles. The van der Waals surface area contributed by atoms with Crippen LogP contribution in [0.5, 0.6) is 0 Å². The molecule has 0 N–H and O–H groups in total. The smallest absolute Gasteiger partial charge is 0.306 e. The molecule has 1 unspecified atom stereocenters. The average molecular weight is 1060 g/mol. The number of hydrogen-bond acceptors (Lipinski definition) is 6. The lowest BCUT2D eigenvalue weighted by Crippen LogP contribution is -2.30. The maximum Gasteiger partial charge on any atom is 0.306 e. The summed E-state index contributed by atoms with van der Waals surface area (Å²) in [6.45, 7) is 6.50. The van der Waals surface area contributed by atoms with Gasteiger partial charge in [-0.05, 0) is 103 Å². The van der Waals surface area contributed by atoms with Crippen LogP contribution in [-0.4, -0.2) is 37.2 Å². The van der Waals surface area contributed by atoms with Gasteiger partial charge in [0.1, 0.15) is 13.2 Å². The summed E-state index contributed by atoms with van der Waals surface area (Å²) in [5, 5.41) is 0. The highest BCUT2D eigenvalue weighted by Gasteiger charge is 2.19. The van der Waals surface area contributed by atoms with Gasteiger partial charge in [0, 0.05) is 19.3 Å². The molecule has 0 aliphatic heterocycles. The van der Waals surface area contributed by atoms with Crippen molar-refractivity contribution in [2.24, 2.45) is 0 Å². The van der Waals surface area contributed by atoms with Gasteiger partial charge in [-0.2, -0.15) is 0 Å². The summed E-state index contributed by atoms with van der Waals surface area (Å²) in [5.41, 5.74) is 0. The average Bonchev–Trinajstić information content (AvgIpc) is 3.42. The Hall–Kier alpha value is -3.67. The molecule has 6 heteroatoms. The van der Waals surface area contributed by atoms with Gasteiger partial charge in [-0.1, -0.05) is 285 Å². The first-order valence-electron chi connectivity index (χ1n) is 32.2. The van der Waals surface area contributed by atoms with Crippen LogP contribution in [0.4, 0.5) is 0 Å². The standard InChI is InChI=1S/C70H120O6/c1-4-7-10-13-16-19-22-25-27-29-31-33-34-35-36-38-39-41-43-45-48-51-54-57-60-63-69(72)75-66-67(65-74-68(71)62-59-56-53-50-47-24-21-18-15-12-9-6-3)76-70(73)64-61-58-55-52-49-46-44-42-40-37-32-30-28-26-23-20-17-14-11-8-5-2/h7,10,16,18-19,21,25,27,31,33,35-36,39,41,45,48,67H,4-6,8-9,11-15,17,20,22-24,26,28-30,32,34,37-38,40,42-44,46-47,49-66H2,1-3H3/b10-7-,19-16-,21-18-,27-25-,33-31-,36-35-,41-39-,48-45-. The Kier molecular flexibility index (Phi) is 60.8. The molecule has 0 aromatic rings. The van der Waals surface area contributed by atoms with Gasteiger partial charge in [-0.25, -0.2) is 0 Å². The number of esters is 3. The van der Waals surface area contributed by atoms with E-state index in [1.165, 1.54) is 154 Å². The van der Waals surface area contributed by atoms with E-state index in [1.807, 2.05) is 0 Å². The number of hydrogen-bond donors (Lipinski definition) is 0. The molecular formula is C70H120O6. The lowest BCUT2D eigenvalue weighted by molar-refractivity contribution is -0.167. The zero-order valence-corrected chi connectivity index (χ0v) is 50.0. The van der Waals surface area contributed by atoms with E-state index in [0.29, 0.717) is 19.3 Å². The van der Waals surface area contributed by atoms with Crippen molar-refractivity contribution >= 4 is 17.9 Å². The molecule has 436 valence electrons. The van der Waals surface area contributed by atoms with E-state index in [9.17, 15) is 14.4 Å². The lowest BCUT2D eigenvalue weighted by Gasteiger charge is -2.18. The van der Waals surface area contributed by atoms with Crippen molar-refractivity contribution in [1.82, 2.24) is 0 Å². The molecule has 6 nitrogen and oxygen atoms in total. The van der Waals surface area contributed by atoms with E-state index in [2.05, 4.69) is 118 Å². The maximum absolute atomic E-state index is 12.9. The van der Waals surface area contributed by atoms with Crippen LogP contribution in [-0.2, 0) is 28.6 Å². The fraction of sp³-hybridized carbons (Fsp3) is 0.729. The van der Waals surface area contributed by atoms with Crippen LogP contribution < -0.4 is 0 Å². The maximum atomic E-state index is 12.9. The van der Waals surface area contributed by atoms with Crippen LogP contribution in [0, 0.1) is 0 Å². The highest BCUT2D eigenvalue weighted by Crippen LogP contribution is 2.17. The summed E-state index contributed by atoms with van der Waals surface area (Å²) in [7, 11) is 0. The summed E-state index contributed by atoms with van der Waals surface area (Å²) in [4.78, 5) is 38.3. The van der Waals surface area contributed by atoms with E-state index >= 15 is 0 Å². The molecule has 0 aromatic carbocycles. The summed E-state index contributed by atoms with van der Waals surface area (Å²) in [6.07, 6.45) is 85.6. The molecule has 0 amide bonds. The van der Waals surface area contributed by atoms with Crippen molar-refractivity contribution in [3.63, 3.8) is 0 Å². The summed E-state index contributed by atoms with van der Waals surface area (Å²) in [6, 6.07) is 0. The number of rotatable bonds is 58. The first-order valence-corrected chi connectivity index (χ1v) is 32.2. The molecular weight excluding hydrogens is 937 g/mol. The van der Waals surface area contributed by atoms with Crippen LogP contribution >= 0.6 is 0 Å². The molecule has 0 aliphatic rings. The van der Waals surface area contributed by atoms with E-state index in [-0.39, 0.29) is 31.1 Å². The molecule has 0 saturated heterocycles. The third-order valence-electron chi connectivity index (χ3n) is 13.8. The molecule has 0 saturated carbocycles. The molecule has 1 atom stereocenters. The highest BCUT2D eigenvalue weighted by molar-refractivity contribution is 5.71. The third kappa shape index (κ3) is 61.2. The van der Waals surface area contributed by atoms with Gasteiger partial charge in [0.25, 0.3) is 0 Å². The van der Waals surface area contributed by atoms with Crippen LogP contribution in [0.1, 0.15) is 310 Å². The van der Waals surface area contributed by atoms with Crippen molar-refractivity contribution in [3.8, 4) is 0 Å². The Balaban J connectivity index is 4.37. The minimum atomic E-state index is -0.795. The summed E-state index contributed by atoms with van der Waals surface area (Å²) in [5.74, 6) is -0.922. The van der Waals surface area contributed by atoms with Gasteiger partial charge >= 0.3 is 17.9 Å². The van der Waals surface area contributed by atoms with Crippen LogP contribution in [0.3, 0.4) is 0 Å². The second kappa shape index (κ2) is 63.9. The van der Waals surface area contributed by atoms with Gasteiger partial charge < -0.3 is 14.2 Å². The van der Waals surface area contributed by atoms with Gasteiger partial charge in [-0.15, -0.1) is 0 Å². The number of allylic oxidation sites excluding steroid dienone is 16. The monoisotopic (exact) mass is 1060 g/mol. The minimum Gasteiger partial charge on any atom is -0.462 e. The Labute approximate surface area is 470 Å². The number of unbranched alkanes of at least 4 members (excludes halogenated alkanes) is 31. The number of ether oxygens (including phenoxy) is 3. The highest BCUT2D eigenvalue weighted by atomic mass is 16.6. The lowest BCUT2D eigenvalue weighted by atomic mass is 10.0. The Morgan fingerprint density at radius 3 is 0.855 bits per heavy atom. The largest absolute Gasteiger partial charge is 0.462 e. The molecule has 0 spiro atoms. The predicted molar refractivity (Wildman–Crippen MR) is 330 cm³/mol. The zero-order valence-electron chi connectivity index (χ0n) is 50.0. The normalized spacial score (nSPS) is 12.7. The quantitative estimate of drug-likeness (QED) is 0.0261. The third-order valence-corrected chi connectivity index (χ3v) is 13.8. The Morgan fingerprint density at radius 1 is 0.276 bits per heavy atom. The van der Waals surface area contributed by atoms with Crippen LogP contribution in [0.25, 0.3) is 0 Å². The predicted octanol–water partition coefficient (Wildman–Crippen LogP) is 22.0. The van der Waals surface area contributed by atoms with E-state index in [1.54, 1.807) is 0 Å². The second-order valence-electron chi connectivity index (χ2n) is 21.3. The van der Waals surface area contributed by atoms with Gasteiger partial charge in [-0.3, -0.25) is 14.4 Å². The fourth-order valence-electron chi connectivity index (χ4n) is 9.01. The molecule has 0 fully saturated rings. The van der Waals surface area contributed by atoms with Crippen molar-refractivity contribution in [2.75, 3.05) is 13.2 Å². The summed E-state index contributed by atoms with van der Waals surface area (Å²) >= 11 is 0. The molecule has 0 aromatic heterocycles. The Bertz CT molecular complexity index is 1490. The van der Waals surface area contributed by atoms with Crippen molar-refractivity contribution in [3.05, 3.63) is 97.2 Å². The van der Waals surface area contributed by atoms with Crippen molar-refractivity contribution in [1.29, 1.82) is 0 Å². The van der Waals surface area contributed by atoms with E-state index in [0.717, 1.165) is 116 Å². The zero-order chi connectivity index (χ0) is 55.0. The SMILES string of the molecule is CC/C=C\C/C=C\C/C=C\C/C=C\C/C=C\C/C=C\C/C=C\CCCCCC(=O)OCC(COC(=O)CCCCCCC/C=C\CCCCC)OC(=O)CCCCCCCCCCCCCCCCCCCCCCC. The fourth-order valence-corrected chi connectivity index (χ4v) is 9.01. The van der Waals surface area contributed by atoms with Gasteiger partial charge in [0.05, 0.1) is 0 Å². The summed E-state index contributed by atoms with van der Waals surface area (Å²) < 4.78 is 16.9. The van der Waals surface area contributed by atoms with Crippen LogP contribution in [0.15, 0.2) is 97.2 Å². The Morgan fingerprint density at radius 2 is 0.513 bits per heavy atom. The van der Waals surface area contributed by atoms with Crippen LogP contribution in [0.2, 0.25) is 0 Å². The first kappa shape index (κ1) is 72.3. The van der Waals surface area contributed by atoms with Crippen molar-refractivity contribution in [2.45, 2.75) is 316 Å². The van der Waals surface area contributed by atoms with E-state index < -0.39 is 6.10 Å². The first-order chi connectivity index (χ1) is 37.5. The molecule has 0 heterocycles. The molecule has 0 rings (SSSR count). The molecule has 0 radical (unpaired) electrons. The number of carbonyl (C=O) groups excluding carboxylic acids is 3. The van der Waals surface area contributed by atoms with Gasteiger partial charge in [0.2, 0.25) is 0 Å². The molecule has 76 heavy (non-hydrogen) atoms.